The maximum Gasteiger partial charge on any atom is 0.255 e. The van der Waals surface area contributed by atoms with Crippen molar-refractivity contribution >= 4 is 27.3 Å². The lowest BCUT2D eigenvalue weighted by Crippen LogP contribution is -2.27. The van der Waals surface area contributed by atoms with Crippen molar-refractivity contribution < 1.29 is 13.2 Å². The van der Waals surface area contributed by atoms with Gasteiger partial charge < -0.3 is 5.32 Å². The van der Waals surface area contributed by atoms with E-state index in [2.05, 4.69) is 10.4 Å². The van der Waals surface area contributed by atoms with Crippen LogP contribution in [0.15, 0.2) is 83.2 Å². The minimum atomic E-state index is -3.50. The van der Waals surface area contributed by atoms with Gasteiger partial charge in [-0.3, -0.25) is 4.79 Å². The highest BCUT2D eigenvalue weighted by Crippen LogP contribution is 2.28. The zero-order chi connectivity index (χ0) is 23.6. The van der Waals surface area contributed by atoms with E-state index in [0.717, 1.165) is 16.1 Å². The van der Waals surface area contributed by atoms with Crippen molar-refractivity contribution in [2.24, 2.45) is 0 Å². The summed E-state index contributed by atoms with van der Waals surface area (Å²) in [6.07, 6.45) is 1.74. The third-order valence-corrected chi connectivity index (χ3v) is 7.95. The molecule has 7 nitrogen and oxygen atoms in total. The van der Waals surface area contributed by atoms with E-state index in [1.54, 1.807) is 35.1 Å². The molecule has 4 aromatic rings. The van der Waals surface area contributed by atoms with Gasteiger partial charge in [0.15, 0.2) is 0 Å². The number of carbonyl (C=O) groups excluding carboxylic acids is 1. The molecule has 0 saturated carbocycles. The number of amides is 1. The third kappa shape index (κ3) is 4.75. The topological polar surface area (TPSA) is 84.3 Å². The Labute approximate surface area is 197 Å². The van der Waals surface area contributed by atoms with Crippen LogP contribution in [-0.2, 0) is 10.0 Å². The first-order valence-electron chi connectivity index (χ1n) is 10.3. The lowest BCUT2D eigenvalue weighted by Gasteiger charge is -2.16. The summed E-state index contributed by atoms with van der Waals surface area (Å²) in [6.45, 7) is 1.86. The summed E-state index contributed by atoms with van der Waals surface area (Å²) in [5.41, 5.74) is 2.75. The predicted molar refractivity (Wildman–Crippen MR) is 130 cm³/mol. The third-order valence-electron chi connectivity index (χ3n) is 5.24. The summed E-state index contributed by atoms with van der Waals surface area (Å²) in [7, 11) is -0.518. The second-order valence-corrected chi connectivity index (χ2v) is 10.8. The van der Waals surface area contributed by atoms with Gasteiger partial charge in [-0.15, -0.1) is 11.3 Å². The Morgan fingerprint density at radius 2 is 1.73 bits per heavy atom. The molecule has 0 fully saturated rings. The van der Waals surface area contributed by atoms with E-state index in [4.69, 9.17) is 0 Å². The van der Waals surface area contributed by atoms with Gasteiger partial charge in [0, 0.05) is 20.3 Å². The van der Waals surface area contributed by atoms with E-state index in [9.17, 15) is 13.2 Å². The van der Waals surface area contributed by atoms with Gasteiger partial charge in [-0.25, -0.2) is 17.4 Å². The molecule has 2 aromatic heterocycles. The molecule has 0 aliphatic rings. The number of nitrogens with one attached hydrogen (secondary N) is 1. The monoisotopic (exact) mass is 480 g/mol. The van der Waals surface area contributed by atoms with Crippen molar-refractivity contribution in [2.75, 3.05) is 14.1 Å². The number of rotatable bonds is 7. The molecule has 33 heavy (non-hydrogen) atoms. The van der Waals surface area contributed by atoms with E-state index >= 15 is 0 Å². The molecule has 0 aliphatic heterocycles. The number of sulfonamides is 1. The van der Waals surface area contributed by atoms with Gasteiger partial charge in [-0.1, -0.05) is 36.4 Å². The number of benzene rings is 2. The maximum atomic E-state index is 13.2. The lowest BCUT2D eigenvalue weighted by atomic mass is 10.1. The second kappa shape index (κ2) is 9.30. The van der Waals surface area contributed by atoms with Gasteiger partial charge >= 0.3 is 0 Å². The minimum absolute atomic E-state index is 0.207. The number of hydrogen-bond donors (Lipinski definition) is 1. The van der Waals surface area contributed by atoms with Crippen LogP contribution in [0.5, 0.6) is 0 Å². The molecular formula is C24H24N4O3S2. The molecule has 1 N–H and O–H groups in total. The summed E-state index contributed by atoms with van der Waals surface area (Å²) in [4.78, 5) is 14.4. The molecule has 0 aliphatic carbocycles. The maximum absolute atomic E-state index is 13.2. The van der Waals surface area contributed by atoms with Crippen molar-refractivity contribution in [1.29, 1.82) is 0 Å². The number of nitrogens with zero attached hydrogens (tertiary/aromatic N) is 3. The van der Waals surface area contributed by atoms with Crippen LogP contribution in [0.25, 0.3) is 16.3 Å². The first kappa shape index (κ1) is 22.9. The van der Waals surface area contributed by atoms with Gasteiger partial charge in [-0.05, 0) is 48.2 Å². The van der Waals surface area contributed by atoms with Crippen LogP contribution in [0.1, 0.15) is 28.9 Å². The van der Waals surface area contributed by atoms with Crippen molar-refractivity contribution in [3.05, 3.63) is 89.4 Å². The van der Waals surface area contributed by atoms with Crippen LogP contribution >= 0.6 is 11.3 Å². The van der Waals surface area contributed by atoms with Gasteiger partial charge in [0.1, 0.15) is 5.69 Å². The molecule has 1 atom stereocenters. The summed E-state index contributed by atoms with van der Waals surface area (Å²) in [5, 5.41) is 9.64. The highest BCUT2D eigenvalue weighted by atomic mass is 32.2. The van der Waals surface area contributed by atoms with Gasteiger partial charge in [0.2, 0.25) is 10.0 Å². The number of para-hydroxylation sites is 1. The molecule has 0 spiro atoms. The average Bonchev–Trinajstić information content (AvgIpc) is 3.49. The first-order chi connectivity index (χ1) is 15.8. The van der Waals surface area contributed by atoms with E-state index in [1.807, 2.05) is 54.8 Å². The number of thiophene rings is 1. The first-order valence-corrected chi connectivity index (χ1v) is 12.6. The van der Waals surface area contributed by atoms with Crippen molar-refractivity contribution in [2.45, 2.75) is 17.9 Å². The van der Waals surface area contributed by atoms with E-state index < -0.39 is 10.0 Å². The Morgan fingerprint density at radius 1 is 1.03 bits per heavy atom. The molecule has 0 bridgehead atoms. The fraction of sp³-hybridized carbons (Fsp3) is 0.167. The van der Waals surface area contributed by atoms with Crippen LogP contribution in [0.4, 0.5) is 0 Å². The lowest BCUT2D eigenvalue weighted by molar-refractivity contribution is 0.0940. The summed E-state index contributed by atoms with van der Waals surface area (Å²) in [6, 6.07) is 19.7. The van der Waals surface area contributed by atoms with Crippen molar-refractivity contribution in [3.8, 4) is 16.3 Å². The largest absolute Gasteiger partial charge is 0.345 e. The van der Waals surface area contributed by atoms with Gasteiger partial charge in [0.25, 0.3) is 5.91 Å². The van der Waals surface area contributed by atoms with Crippen molar-refractivity contribution in [1.82, 2.24) is 19.4 Å². The summed E-state index contributed by atoms with van der Waals surface area (Å²) < 4.78 is 27.5. The highest BCUT2D eigenvalue weighted by Gasteiger charge is 2.22. The molecule has 1 unspecified atom stereocenters. The van der Waals surface area contributed by atoms with Gasteiger partial charge in [-0.2, -0.15) is 5.10 Å². The molecule has 0 saturated heterocycles. The average molecular weight is 481 g/mol. The normalized spacial score (nSPS) is 12.6. The molecule has 2 aromatic carbocycles. The van der Waals surface area contributed by atoms with E-state index in [1.165, 1.54) is 29.7 Å². The fourth-order valence-corrected chi connectivity index (χ4v) is 4.97. The summed E-state index contributed by atoms with van der Waals surface area (Å²) >= 11 is 1.52. The quantitative estimate of drug-likeness (QED) is 0.426. The molecule has 2 heterocycles. The zero-order valence-electron chi connectivity index (χ0n) is 18.5. The molecule has 4 rings (SSSR count). The summed E-state index contributed by atoms with van der Waals surface area (Å²) in [5.74, 6) is -0.252. The number of aromatic nitrogens is 2. The van der Waals surface area contributed by atoms with Crippen molar-refractivity contribution in [3.63, 3.8) is 0 Å². The van der Waals surface area contributed by atoms with E-state index in [-0.39, 0.29) is 16.8 Å². The number of hydrogen-bond acceptors (Lipinski definition) is 5. The molecule has 1 amide bonds. The number of carbonyl (C=O) groups is 1. The van der Waals surface area contributed by atoms with Crippen LogP contribution in [0.2, 0.25) is 0 Å². The minimum Gasteiger partial charge on any atom is -0.345 e. The zero-order valence-corrected chi connectivity index (χ0v) is 20.1. The Balaban J connectivity index is 1.60. The highest BCUT2D eigenvalue weighted by molar-refractivity contribution is 7.89. The van der Waals surface area contributed by atoms with E-state index in [0.29, 0.717) is 11.3 Å². The molecular weight excluding hydrogens is 456 g/mol. The SMILES string of the molecule is CC(NC(=O)c1cn(-c2ccccc2)nc1-c1cccs1)c1ccc(S(=O)(=O)N(C)C)cc1. The van der Waals surface area contributed by atoms with Gasteiger partial charge in [0.05, 0.1) is 27.1 Å². The van der Waals surface area contributed by atoms with Crippen LogP contribution in [-0.4, -0.2) is 42.5 Å². The Kier molecular flexibility index (Phi) is 6.46. The Morgan fingerprint density at radius 3 is 2.33 bits per heavy atom. The standard InChI is InChI=1S/C24H24N4O3S2/c1-17(18-11-13-20(14-12-18)33(30,31)27(2)3)25-24(29)21-16-28(19-8-5-4-6-9-19)26-23(21)22-10-7-15-32-22/h4-17H,1-3H3,(H,25,29). The second-order valence-electron chi connectivity index (χ2n) is 7.70. The predicted octanol–water partition coefficient (Wildman–Crippen LogP) is 4.34. The van der Waals surface area contributed by atoms with Crippen LogP contribution in [0.3, 0.4) is 0 Å². The van der Waals surface area contributed by atoms with Crippen LogP contribution in [0, 0.1) is 0 Å². The smallest absolute Gasteiger partial charge is 0.255 e. The molecule has 0 radical (unpaired) electrons. The van der Waals surface area contributed by atoms with Crippen LogP contribution < -0.4 is 5.32 Å². The fourth-order valence-electron chi connectivity index (χ4n) is 3.35. The Hall–Kier alpha value is -3.27. The molecule has 170 valence electrons. The Bertz CT molecular complexity index is 1340. The molecule has 9 heteroatoms.